The summed E-state index contributed by atoms with van der Waals surface area (Å²) < 4.78 is 19.9. The van der Waals surface area contributed by atoms with Crippen LogP contribution in [0.15, 0.2) is 47.6 Å². The Morgan fingerprint density at radius 1 is 1.27 bits per heavy atom. The number of nitrogens with zero attached hydrogens (tertiary/aromatic N) is 2. The van der Waals surface area contributed by atoms with E-state index < -0.39 is 9.92 Å². The third-order valence-corrected chi connectivity index (χ3v) is 2.74. The van der Waals surface area contributed by atoms with E-state index >= 15 is 0 Å². The lowest BCUT2D eigenvalue weighted by Crippen LogP contribution is -2.11. The normalized spacial score (nSPS) is 14.7. The van der Waals surface area contributed by atoms with E-state index in [1.54, 1.807) is 6.20 Å². The molecule has 0 amide bonds. The SMILES string of the molecule is N=S(N)(=O)c1ccn(-c2ccccc2)n1. The van der Waals surface area contributed by atoms with Gasteiger partial charge in [-0.3, -0.25) is 0 Å². The van der Waals surface area contributed by atoms with Crippen molar-refractivity contribution < 1.29 is 4.21 Å². The standard InChI is InChI=1S/C9H10N4OS/c10-15(11,14)9-6-7-13(12-9)8-4-2-1-3-5-8/h1-7H,(H3,10,11,14). The van der Waals surface area contributed by atoms with E-state index in [0.717, 1.165) is 5.69 Å². The first kappa shape index (κ1) is 9.88. The molecule has 3 N–H and O–H groups in total. The molecule has 0 radical (unpaired) electrons. The predicted octanol–water partition coefficient (Wildman–Crippen LogP) is 1.15. The van der Waals surface area contributed by atoms with E-state index in [2.05, 4.69) is 5.10 Å². The van der Waals surface area contributed by atoms with Gasteiger partial charge in [-0.05, 0) is 18.2 Å². The van der Waals surface area contributed by atoms with E-state index in [4.69, 9.17) is 9.92 Å². The summed E-state index contributed by atoms with van der Waals surface area (Å²) in [5.41, 5.74) is 0.840. The van der Waals surface area contributed by atoms with Crippen LogP contribution in [0.5, 0.6) is 0 Å². The molecule has 1 unspecified atom stereocenters. The minimum absolute atomic E-state index is 0.0892. The van der Waals surface area contributed by atoms with Gasteiger partial charge in [-0.1, -0.05) is 18.2 Å². The summed E-state index contributed by atoms with van der Waals surface area (Å²) in [4.78, 5) is 0. The number of aromatic nitrogens is 2. The van der Waals surface area contributed by atoms with Crippen LogP contribution >= 0.6 is 0 Å². The molecule has 0 saturated heterocycles. The van der Waals surface area contributed by atoms with Crippen molar-refractivity contribution in [2.75, 3.05) is 0 Å². The van der Waals surface area contributed by atoms with Crippen LogP contribution in [0.25, 0.3) is 5.69 Å². The molecule has 1 aromatic heterocycles. The molecule has 2 rings (SSSR count). The molecule has 78 valence electrons. The first-order chi connectivity index (χ1) is 7.07. The Hall–Kier alpha value is -1.66. The highest BCUT2D eigenvalue weighted by Crippen LogP contribution is 2.09. The second-order valence-electron chi connectivity index (χ2n) is 3.03. The van der Waals surface area contributed by atoms with Crippen molar-refractivity contribution in [3.05, 3.63) is 42.6 Å². The van der Waals surface area contributed by atoms with Crippen molar-refractivity contribution >= 4 is 9.92 Å². The van der Waals surface area contributed by atoms with Crippen molar-refractivity contribution in [1.82, 2.24) is 9.78 Å². The summed E-state index contributed by atoms with van der Waals surface area (Å²) in [5, 5.41) is 9.24. The van der Waals surface area contributed by atoms with E-state index in [9.17, 15) is 4.21 Å². The maximum Gasteiger partial charge on any atom is 0.172 e. The van der Waals surface area contributed by atoms with Crippen LogP contribution in [0.3, 0.4) is 0 Å². The molecule has 0 fully saturated rings. The van der Waals surface area contributed by atoms with Gasteiger partial charge in [0.05, 0.1) is 5.69 Å². The molecular formula is C9H10N4OS. The molecule has 0 aliphatic heterocycles. The first-order valence-electron chi connectivity index (χ1n) is 4.25. The number of benzene rings is 1. The van der Waals surface area contributed by atoms with E-state index in [1.165, 1.54) is 10.7 Å². The van der Waals surface area contributed by atoms with Gasteiger partial charge < -0.3 is 0 Å². The van der Waals surface area contributed by atoms with Gasteiger partial charge in [0.25, 0.3) is 0 Å². The molecule has 5 nitrogen and oxygen atoms in total. The quantitative estimate of drug-likeness (QED) is 0.798. The summed E-state index contributed by atoms with van der Waals surface area (Å²) in [7, 11) is -3.22. The maximum atomic E-state index is 11.2. The van der Waals surface area contributed by atoms with Crippen LogP contribution in [0.2, 0.25) is 0 Å². The van der Waals surface area contributed by atoms with Gasteiger partial charge in [-0.25, -0.2) is 18.8 Å². The number of hydrogen-bond donors (Lipinski definition) is 2. The number of nitrogens with one attached hydrogen (secondary N) is 1. The average Bonchev–Trinajstić information content (AvgIpc) is 2.67. The zero-order valence-electron chi connectivity index (χ0n) is 7.83. The highest BCUT2D eigenvalue weighted by Gasteiger charge is 2.08. The molecular weight excluding hydrogens is 212 g/mol. The Balaban J connectivity index is 2.46. The van der Waals surface area contributed by atoms with Crippen LogP contribution in [0.4, 0.5) is 0 Å². The molecule has 0 aliphatic carbocycles. The van der Waals surface area contributed by atoms with Crippen LogP contribution in [-0.4, -0.2) is 14.0 Å². The zero-order chi connectivity index (χ0) is 10.9. The summed E-state index contributed by atoms with van der Waals surface area (Å²) in [5.74, 6) is 0. The third-order valence-electron chi connectivity index (χ3n) is 1.90. The van der Waals surface area contributed by atoms with Crippen molar-refractivity contribution in [3.63, 3.8) is 0 Å². The van der Waals surface area contributed by atoms with E-state index in [1.807, 2.05) is 30.3 Å². The monoisotopic (exact) mass is 222 g/mol. The molecule has 0 bridgehead atoms. The maximum absolute atomic E-state index is 11.2. The summed E-state index contributed by atoms with van der Waals surface area (Å²) in [6.45, 7) is 0. The van der Waals surface area contributed by atoms with Crippen LogP contribution < -0.4 is 5.14 Å². The van der Waals surface area contributed by atoms with Gasteiger partial charge in [0.1, 0.15) is 0 Å². The van der Waals surface area contributed by atoms with Gasteiger partial charge in [0.2, 0.25) is 0 Å². The van der Waals surface area contributed by atoms with E-state index in [0.29, 0.717) is 0 Å². The predicted molar refractivity (Wildman–Crippen MR) is 56.9 cm³/mol. The highest BCUT2D eigenvalue weighted by atomic mass is 32.2. The van der Waals surface area contributed by atoms with Crippen molar-refractivity contribution in [1.29, 1.82) is 4.78 Å². The molecule has 0 spiro atoms. The fourth-order valence-corrected chi connectivity index (χ4v) is 1.67. The second kappa shape index (κ2) is 3.48. The lowest BCUT2D eigenvalue weighted by molar-refractivity contribution is 0.670. The molecule has 1 atom stereocenters. The average molecular weight is 222 g/mol. The molecule has 15 heavy (non-hydrogen) atoms. The molecule has 0 aliphatic rings. The number of hydrogen-bond acceptors (Lipinski definition) is 3. The Labute approximate surface area is 87.6 Å². The zero-order valence-corrected chi connectivity index (χ0v) is 8.65. The Morgan fingerprint density at radius 3 is 2.47 bits per heavy atom. The highest BCUT2D eigenvalue weighted by molar-refractivity contribution is 7.90. The van der Waals surface area contributed by atoms with Crippen molar-refractivity contribution in [2.24, 2.45) is 5.14 Å². The van der Waals surface area contributed by atoms with E-state index in [-0.39, 0.29) is 5.03 Å². The first-order valence-corrected chi connectivity index (χ1v) is 5.87. The van der Waals surface area contributed by atoms with Gasteiger partial charge in [0.15, 0.2) is 14.9 Å². The second-order valence-corrected chi connectivity index (χ2v) is 4.65. The minimum Gasteiger partial charge on any atom is -0.240 e. The molecule has 2 aromatic rings. The summed E-state index contributed by atoms with van der Waals surface area (Å²) >= 11 is 0. The lowest BCUT2D eigenvalue weighted by Gasteiger charge is -1.99. The molecule has 6 heteroatoms. The van der Waals surface area contributed by atoms with Gasteiger partial charge in [0, 0.05) is 6.20 Å². The summed E-state index contributed by atoms with van der Waals surface area (Å²) in [6.07, 6.45) is 1.63. The Kier molecular flexibility index (Phi) is 2.29. The van der Waals surface area contributed by atoms with Crippen molar-refractivity contribution in [2.45, 2.75) is 5.03 Å². The van der Waals surface area contributed by atoms with Crippen LogP contribution in [0.1, 0.15) is 0 Å². The molecule has 1 heterocycles. The minimum atomic E-state index is -3.22. The fraction of sp³-hybridized carbons (Fsp3) is 0. The third kappa shape index (κ3) is 2.05. The van der Waals surface area contributed by atoms with Gasteiger partial charge in [-0.15, -0.1) is 0 Å². The summed E-state index contributed by atoms with van der Waals surface area (Å²) in [6, 6.07) is 10.8. The Bertz CT molecular complexity index is 559. The van der Waals surface area contributed by atoms with Crippen LogP contribution in [0, 0.1) is 4.78 Å². The number of nitrogens with two attached hydrogens (primary N) is 1. The molecule has 1 aromatic carbocycles. The fourth-order valence-electron chi connectivity index (χ4n) is 1.19. The molecule has 0 saturated carbocycles. The van der Waals surface area contributed by atoms with Gasteiger partial charge >= 0.3 is 0 Å². The smallest absolute Gasteiger partial charge is 0.172 e. The number of para-hydroxylation sites is 1. The largest absolute Gasteiger partial charge is 0.240 e. The number of rotatable bonds is 2. The Morgan fingerprint density at radius 2 is 1.93 bits per heavy atom. The van der Waals surface area contributed by atoms with Gasteiger partial charge in [-0.2, -0.15) is 5.10 Å². The topological polar surface area (TPSA) is 84.8 Å². The lowest BCUT2D eigenvalue weighted by atomic mass is 10.3. The van der Waals surface area contributed by atoms with Crippen LogP contribution in [-0.2, 0) is 9.92 Å². The van der Waals surface area contributed by atoms with Crippen molar-refractivity contribution in [3.8, 4) is 5.69 Å².